The molecule has 52 heavy (non-hydrogen) atoms. The number of aromatic nitrogens is 4. The van der Waals surface area contributed by atoms with Crippen molar-refractivity contribution in [2.75, 3.05) is 30.5 Å². The van der Waals surface area contributed by atoms with Gasteiger partial charge >= 0.3 is 0 Å². The lowest BCUT2D eigenvalue weighted by molar-refractivity contribution is -0.647. The first-order valence-electron chi connectivity index (χ1n) is 17.8. The summed E-state index contributed by atoms with van der Waals surface area (Å²) in [7, 11) is 12.1. The van der Waals surface area contributed by atoms with Crippen LogP contribution in [0, 0.1) is 13.8 Å². The first-order valence-corrected chi connectivity index (χ1v) is 20.3. The molecule has 6 nitrogen and oxygen atoms in total. The molecule has 0 aliphatic carbocycles. The highest BCUT2D eigenvalue weighted by Crippen LogP contribution is 2.31. The van der Waals surface area contributed by atoms with Crippen LogP contribution in [0.3, 0.4) is 0 Å². The molecule has 0 aliphatic rings. The third-order valence-electron chi connectivity index (χ3n) is 10.2. The number of para-hydroxylation sites is 5. The Balaban J connectivity index is 1.01. The van der Waals surface area contributed by atoms with Crippen molar-refractivity contribution >= 4 is 84.2 Å². The summed E-state index contributed by atoms with van der Waals surface area (Å²) in [5.74, 6) is 4.17. The Morgan fingerprint density at radius 3 is 1.79 bits per heavy atom. The number of fused-ring (bicyclic) bond motifs is 3. The summed E-state index contributed by atoms with van der Waals surface area (Å²) >= 11 is 0. The van der Waals surface area contributed by atoms with Crippen LogP contribution in [0.4, 0.5) is 5.69 Å². The molecule has 0 unspecified atom stereocenters. The second kappa shape index (κ2) is 15.8. The molecule has 0 bridgehead atoms. The van der Waals surface area contributed by atoms with Crippen LogP contribution in [0.15, 0.2) is 114 Å². The maximum absolute atomic E-state index is 4.59. The van der Waals surface area contributed by atoms with Crippen molar-refractivity contribution < 1.29 is 4.57 Å². The van der Waals surface area contributed by atoms with Crippen LogP contribution < -0.4 is 9.47 Å². The van der Waals surface area contributed by atoms with Gasteiger partial charge in [-0.25, -0.2) is 9.13 Å². The van der Waals surface area contributed by atoms with Crippen LogP contribution in [-0.4, -0.2) is 45.1 Å². The molecular formula is C44H47N6S2+. The second-order valence-corrected chi connectivity index (χ2v) is 15.8. The topological polar surface area (TPSA) is 34.3 Å². The molecule has 0 amide bonds. The number of hydrogen-bond donors (Lipinski definition) is 0. The number of benzene rings is 4. The molecule has 7 rings (SSSR count). The standard InChI is InChI=1S/C44H47N6S2/c1-32-35(24-26-43(45-3)46(4)34-16-8-7-9-17-34)37-18-10-12-20-39(37)49(32)28-30-51-52-31-29-50-33(2)36(38-19-11-13-21-40(38)50)25-27-44-47(5)41-22-14-15-23-42(41)48(44)6/h7-27H,28-31H2,1-6H3/q+1/b26-24+,45-43+. The van der Waals surface area contributed by atoms with Gasteiger partial charge in [0.1, 0.15) is 5.84 Å². The Bertz CT molecular complexity index is 2400. The lowest BCUT2D eigenvalue weighted by atomic mass is 10.1. The molecule has 4 aromatic carbocycles. The van der Waals surface area contributed by atoms with Crippen molar-refractivity contribution in [2.45, 2.75) is 26.9 Å². The Hall–Kier alpha value is -4.92. The SMILES string of the molecule is C/N=C(\C=C\c1c(C)n(CCSSCCn2c(C)c(/C=C/c3n(C)c4ccccc4[n+]3C)c3ccccc32)c2ccccc12)N(C)c1ccccc1. The van der Waals surface area contributed by atoms with E-state index in [0.717, 1.165) is 36.1 Å². The van der Waals surface area contributed by atoms with Crippen molar-refractivity contribution in [3.05, 3.63) is 138 Å². The van der Waals surface area contributed by atoms with E-state index < -0.39 is 0 Å². The van der Waals surface area contributed by atoms with Gasteiger partial charge in [0.15, 0.2) is 11.0 Å². The van der Waals surface area contributed by atoms with Crippen LogP contribution in [-0.2, 0) is 27.2 Å². The monoisotopic (exact) mass is 723 g/mol. The number of amidine groups is 1. The number of aliphatic imine (C=N–C) groups is 1. The number of nitrogens with zero attached hydrogens (tertiary/aromatic N) is 6. The van der Waals surface area contributed by atoms with Crippen LogP contribution in [0.5, 0.6) is 0 Å². The van der Waals surface area contributed by atoms with E-state index in [2.05, 4.69) is 185 Å². The van der Waals surface area contributed by atoms with E-state index >= 15 is 0 Å². The van der Waals surface area contributed by atoms with E-state index in [1.54, 1.807) is 0 Å². The molecular weight excluding hydrogens is 677 g/mol. The van der Waals surface area contributed by atoms with E-state index in [1.165, 1.54) is 61.2 Å². The number of anilines is 1. The summed E-state index contributed by atoms with van der Waals surface area (Å²) < 4.78 is 9.51. The molecule has 0 spiro atoms. The zero-order valence-electron chi connectivity index (χ0n) is 31.0. The summed E-state index contributed by atoms with van der Waals surface area (Å²) in [5.41, 5.74) is 11.3. The van der Waals surface area contributed by atoms with Crippen molar-refractivity contribution in [2.24, 2.45) is 19.1 Å². The van der Waals surface area contributed by atoms with Crippen molar-refractivity contribution in [3.63, 3.8) is 0 Å². The molecule has 3 heterocycles. The minimum atomic E-state index is 0.919. The fourth-order valence-electron chi connectivity index (χ4n) is 7.45. The normalized spacial score (nSPS) is 12.5. The Kier molecular flexibility index (Phi) is 10.8. The molecule has 0 atom stereocenters. The van der Waals surface area contributed by atoms with Crippen molar-refractivity contribution in [1.29, 1.82) is 0 Å². The molecule has 0 fully saturated rings. The van der Waals surface area contributed by atoms with Crippen molar-refractivity contribution in [3.8, 4) is 0 Å². The second-order valence-electron chi connectivity index (χ2n) is 13.1. The number of rotatable bonds is 12. The maximum atomic E-state index is 4.59. The average Bonchev–Trinajstić information content (AvgIpc) is 3.71. The van der Waals surface area contributed by atoms with Gasteiger partial charge in [-0.3, -0.25) is 4.99 Å². The lowest BCUT2D eigenvalue weighted by Gasteiger charge is -2.18. The first kappa shape index (κ1) is 35.5. The number of imidazole rings is 1. The fraction of sp³-hybridized carbons (Fsp3) is 0.227. The van der Waals surface area contributed by atoms with Gasteiger partial charge in [0, 0.05) is 94.8 Å². The molecule has 8 heteroatoms. The number of likely N-dealkylation sites (N-methyl/N-ethyl adjacent to an activating group) is 1. The van der Waals surface area contributed by atoms with Crippen LogP contribution >= 0.6 is 21.6 Å². The van der Waals surface area contributed by atoms with Crippen LogP contribution in [0.1, 0.15) is 28.3 Å². The molecule has 0 saturated carbocycles. The van der Waals surface area contributed by atoms with Gasteiger partial charge < -0.3 is 14.0 Å². The fourth-order valence-corrected chi connectivity index (χ4v) is 9.35. The van der Waals surface area contributed by atoms with Gasteiger partial charge in [0.2, 0.25) is 0 Å². The molecule has 7 aromatic rings. The number of hydrogen-bond acceptors (Lipinski definition) is 3. The van der Waals surface area contributed by atoms with Gasteiger partial charge in [-0.1, -0.05) is 88.3 Å². The van der Waals surface area contributed by atoms with E-state index in [9.17, 15) is 0 Å². The van der Waals surface area contributed by atoms with Gasteiger partial charge in [0.25, 0.3) is 5.82 Å². The van der Waals surface area contributed by atoms with Gasteiger partial charge in [-0.05, 0) is 68.5 Å². The van der Waals surface area contributed by atoms with Crippen LogP contribution in [0.2, 0.25) is 0 Å². The number of aryl methyl sites for hydroxylation is 4. The predicted octanol–water partition coefficient (Wildman–Crippen LogP) is 9.96. The molecule has 0 saturated heterocycles. The maximum Gasteiger partial charge on any atom is 0.281 e. The third kappa shape index (κ3) is 6.85. The molecule has 3 aromatic heterocycles. The summed E-state index contributed by atoms with van der Waals surface area (Å²) in [6.07, 6.45) is 8.92. The first-order chi connectivity index (χ1) is 25.4. The smallest absolute Gasteiger partial charge is 0.281 e. The van der Waals surface area contributed by atoms with E-state index in [-0.39, 0.29) is 0 Å². The quantitative estimate of drug-likeness (QED) is 0.0414. The van der Waals surface area contributed by atoms with Crippen LogP contribution in [0.25, 0.3) is 51.1 Å². The zero-order chi connectivity index (χ0) is 36.2. The highest BCUT2D eigenvalue weighted by atomic mass is 33.1. The highest BCUT2D eigenvalue weighted by molar-refractivity contribution is 8.76. The van der Waals surface area contributed by atoms with E-state index in [1.807, 2.05) is 34.7 Å². The molecule has 0 N–H and O–H groups in total. The largest absolute Gasteiger partial charge is 0.343 e. The average molecular weight is 724 g/mol. The zero-order valence-corrected chi connectivity index (χ0v) is 32.6. The third-order valence-corrected chi connectivity index (χ3v) is 12.6. The molecule has 0 radical (unpaired) electrons. The summed E-state index contributed by atoms with van der Waals surface area (Å²) in [6.45, 7) is 6.44. The highest BCUT2D eigenvalue weighted by Gasteiger charge is 2.18. The van der Waals surface area contributed by atoms with E-state index in [4.69, 9.17) is 0 Å². The van der Waals surface area contributed by atoms with Gasteiger partial charge in [-0.2, -0.15) is 0 Å². The summed E-state index contributed by atoms with van der Waals surface area (Å²) in [4.78, 5) is 6.72. The Morgan fingerprint density at radius 1 is 0.692 bits per heavy atom. The Labute approximate surface area is 315 Å². The Morgan fingerprint density at radius 2 is 1.21 bits per heavy atom. The van der Waals surface area contributed by atoms with Gasteiger partial charge in [0.05, 0.1) is 14.1 Å². The molecule has 264 valence electrons. The van der Waals surface area contributed by atoms with Crippen molar-refractivity contribution in [1.82, 2.24) is 13.7 Å². The predicted molar refractivity (Wildman–Crippen MR) is 229 cm³/mol. The molecule has 0 aliphatic heterocycles. The minimum absolute atomic E-state index is 0.919. The minimum Gasteiger partial charge on any atom is -0.343 e. The lowest BCUT2D eigenvalue weighted by Crippen LogP contribution is -2.30. The van der Waals surface area contributed by atoms with Gasteiger partial charge in [-0.15, -0.1) is 0 Å². The summed E-state index contributed by atoms with van der Waals surface area (Å²) in [6, 6.07) is 36.5. The summed E-state index contributed by atoms with van der Waals surface area (Å²) in [5, 5.41) is 2.58. The van der Waals surface area contributed by atoms with E-state index in [0.29, 0.717) is 0 Å².